The van der Waals surface area contributed by atoms with E-state index in [0.717, 1.165) is 0 Å². The van der Waals surface area contributed by atoms with Crippen LogP contribution < -0.4 is 4.57 Å². The minimum Gasteiger partial charge on any atom is -0.202 e. The molecule has 1 rings (SSSR count). The van der Waals surface area contributed by atoms with Gasteiger partial charge in [-0.2, -0.15) is 0 Å². The smallest absolute Gasteiger partial charge is 0.181 e. The zero-order chi connectivity index (χ0) is 21.5. The third-order valence-electron chi connectivity index (χ3n) is 6.57. The third kappa shape index (κ3) is 15.9. The summed E-state index contributed by atoms with van der Waals surface area (Å²) < 4.78 is 2.53. The molecule has 0 saturated carbocycles. The second kappa shape index (κ2) is 21.4. The fraction of sp³-hybridized carbons (Fsp3) is 0.828. The van der Waals surface area contributed by atoms with Gasteiger partial charge in [0.25, 0.3) is 0 Å². The van der Waals surface area contributed by atoms with Gasteiger partial charge in [0.05, 0.1) is 0 Å². The Morgan fingerprint density at radius 3 is 1.43 bits per heavy atom. The van der Waals surface area contributed by atoms with Crippen molar-refractivity contribution in [3.05, 3.63) is 30.1 Å². The standard InChI is InChI=1S/C29H54N/c1-3-5-7-9-11-13-15-17-19-21-25-29-26-22-24-28-30(29)27-23-20-18-16-14-12-10-8-6-4-2/h22,24,26,28H,3-21,23,25,27H2,1-2H3/q+1. The molecule has 1 nitrogen and oxygen atoms in total. The van der Waals surface area contributed by atoms with Crippen molar-refractivity contribution >= 4 is 0 Å². The SMILES string of the molecule is CCCCCCCCCCCCc1cccc[n+]1CCCCCCCCCCCC. The molecular weight excluding hydrogens is 362 g/mol. The van der Waals surface area contributed by atoms with Gasteiger partial charge in [-0.05, 0) is 12.8 Å². The first-order chi connectivity index (χ1) is 14.9. The summed E-state index contributed by atoms with van der Waals surface area (Å²) in [6.07, 6.45) is 32.0. The highest BCUT2D eigenvalue weighted by Crippen LogP contribution is 2.12. The molecule has 0 fully saturated rings. The van der Waals surface area contributed by atoms with Crippen molar-refractivity contribution in [1.82, 2.24) is 0 Å². The quantitative estimate of drug-likeness (QED) is 0.131. The zero-order valence-electron chi connectivity index (χ0n) is 20.8. The molecule has 0 aliphatic heterocycles. The Balaban J connectivity index is 2.02. The molecule has 0 unspecified atom stereocenters. The number of hydrogen-bond donors (Lipinski definition) is 0. The molecular formula is C29H54N+. The first kappa shape index (κ1) is 27.2. The monoisotopic (exact) mass is 416 g/mol. The van der Waals surface area contributed by atoms with Crippen molar-refractivity contribution < 1.29 is 4.57 Å². The van der Waals surface area contributed by atoms with Crippen molar-refractivity contribution in [1.29, 1.82) is 0 Å². The van der Waals surface area contributed by atoms with Crippen LogP contribution in [0.3, 0.4) is 0 Å². The average molecular weight is 417 g/mol. The van der Waals surface area contributed by atoms with E-state index in [1.807, 2.05) is 0 Å². The van der Waals surface area contributed by atoms with Gasteiger partial charge < -0.3 is 0 Å². The number of pyridine rings is 1. The Kier molecular flexibility index (Phi) is 19.4. The molecule has 1 heterocycles. The fourth-order valence-corrected chi connectivity index (χ4v) is 4.52. The highest BCUT2D eigenvalue weighted by atomic mass is 14.9. The highest BCUT2D eigenvalue weighted by Gasteiger charge is 2.08. The van der Waals surface area contributed by atoms with Crippen LogP contribution in [0.5, 0.6) is 0 Å². The number of unbranched alkanes of at least 4 members (excludes halogenated alkanes) is 18. The molecule has 30 heavy (non-hydrogen) atoms. The highest BCUT2D eigenvalue weighted by molar-refractivity contribution is 4.97. The second-order valence-corrected chi connectivity index (χ2v) is 9.50. The van der Waals surface area contributed by atoms with Crippen LogP contribution in [0.2, 0.25) is 0 Å². The molecule has 0 N–H and O–H groups in total. The van der Waals surface area contributed by atoms with E-state index >= 15 is 0 Å². The lowest BCUT2D eigenvalue weighted by molar-refractivity contribution is -0.704. The van der Waals surface area contributed by atoms with Crippen LogP contribution in [0.25, 0.3) is 0 Å². The molecule has 0 radical (unpaired) electrons. The Hall–Kier alpha value is -0.850. The minimum atomic E-state index is 1.21. The summed E-state index contributed by atoms with van der Waals surface area (Å²) >= 11 is 0. The summed E-state index contributed by atoms with van der Waals surface area (Å²) in [6, 6.07) is 6.78. The zero-order valence-corrected chi connectivity index (χ0v) is 20.8. The molecule has 0 spiro atoms. The van der Waals surface area contributed by atoms with Gasteiger partial charge in [-0.3, -0.25) is 0 Å². The largest absolute Gasteiger partial charge is 0.202 e. The lowest BCUT2D eigenvalue weighted by Crippen LogP contribution is -2.37. The third-order valence-corrected chi connectivity index (χ3v) is 6.57. The van der Waals surface area contributed by atoms with Gasteiger partial charge in [-0.25, -0.2) is 4.57 Å². The Morgan fingerprint density at radius 2 is 0.933 bits per heavy atom. The molecule has 0 saturated heterocycles. The van der Waals surface area contributed by atoms with Gasteiger partial charge in [0.2, 0.25) is 0 Å². The molecule has 0 aliphatic carbocycles. The maximum absolute atomic E-state index is 2.53. The summed E-state index contributed by atoms with van der Waals surface area (Å²) in [5.74, 6) is 0. The minimum absolute atomic E-state index is 1.21. The van der Waals surface area contributed by atoms with Gasteiger partial charge in [-0.15, -0.1) is 0 Å². The summed E-state index contributed by atoms with van der Waals surface area (Å²) in [6.45, 7) is 5.81. The van der Waals surface area contributed by atoms with Crippen molar-refractivity contribution in [2.24, 2.45) is 0 Å². The molecule has 174 valence electrons. The number of rotatable bonds is 22. The Labute approximate surface area is 190 Å². The van der Waals surface area contributed by atoms with Gasteiger partial charge in [0.1, 0.15) is 6.54 Å². The van der Waals surface area contributed by atoms with E-state index in [1.165, 1.54) is 141 Å². The first-order valence-electron chi connectivity index (χ1n) is 13.9. The maximum atomic E-state index is 2.53. The van der Waals surface area contributed by atoms with E-state index < -0.39 is 0 Å². The summed E-state index contributed by atoms with van der Waals surface area (Å²) in [5, 5.41) is 0. The maximum Gasteiger partial charge on any atom is 0.181 e. The number of hydrogen-bond acceptors (Lipinski definition) is 0. The van der Waals surface area contributed by atoms with Gasteiger partial charge in [0, 0.05) is 25.0 Å². The molecule has 0 aliphatic rings. The van der Waals surface area contributed by atoms with Crippen LogP contribution in [0, 0.1) is 0 Å². The van der Waals surface area contributed by atoms with Crippen molar-refractivity contribution in [3.63, 3.8) is 0 Å². The van der Waals surface area contributed by atoms with Crippen LogP contribution in [0.1, 0.15) is 148 Å². The van der Waals surface area contributed by atoms with Crippen LogP contribution in [0.15, 0.2) is 24.4 Å². The van der Waals surface area contributed by atoms with E-state index in [9.17, 15) is 0 Å². The molecule has 0 atom stereocenters. The molecule has 1 aromatic heterocycles. The molecule has 0 amide bonds. The summed E-state index contributed by atoms with van der Waals surface area (Å²) in [5.41, 5.74) is 1.55. The lowest BCUT2D eigenvalue weighted by atomic mass is 10.0. The Morgan fingerprint density at radius 1 is 0.500 bits per heavy atom. The number of nitrogens with zero attached hydrogens (tertiary/aromatic N) is 1. The topological polar surface area (TPSA) is 3.88 Å². The summed E-state index contributed by atoms with van der Waals surface area (Å²) in [7, 11) is 0. The fourth-order valence-electron chi connectivity index (χ4n) is 4.52. The summed E-state index contributed by atoms with van der Waals surface area (Å²) in [4.78, 5) is 0. The van der Waals surface area contributed by atoms with Crippen LogP contribution in [-0.4, -0.2) is 0 Å². The molecule has 0 bridgehead atoms. The first-order valence-corrected chi connectivity index (χ1v) is 13.9. The predicted molar refractivity (Wildman–Crippen MR) is 134 cm³/mol. The van der Waals surface area contributed by atoms with Crippen LogP contribution in [-0.2, 0) is 13.0 Å². The van der Waals surface area contributed by atoms with Crippen molar-refractivity contribution in [2.75, 3.05) is 0 Å². The normalized spacial score (nSPS) is 11.3. The molecule has 1 heteroatoms. The number of aromatic nitrogens is 1. The average Bonchev–Trinajstić information content (AvgIpc) is 2.77. The lowest BCUT2D eigenvalue weighted by Gasteiger charge is -2.05. The van der Waals surface area contributed by atoms with E-state index in [1.54, 1.807) is 5.69 Å². The number of aryl methyl sites for hydroxylation is 2. The second-order valence-electron chi connectivity index (χ2n) is 9.50. The van der Waals surface area contributed by atoms with Crippen LogP contribution in [0.4, 0.5) is 0 Å². The van der Waals surface area contributed by atoms with Gasteiger partial charge in [0.15, 0.2) is 11.9 Å². The van der Waals surface area contributed by atoms with Gasteiger partial charge in [-0.1, -0.05) is 129 Å². The van der Waals surface area contributed by atoms with E-state index in [2.05, 4.69) is 42.8 Å². The van der Waals surface area contributed by atoms with Gasteiger partial charge >= 0.3 is 0 Å². The van der Waals surface area contributed by atoms with E-state index in [-0.39, 0.29) is 0 Å². The molecule has 1 aromatic rings. The van der Waals surface area contributed by atoms with Crippen LogP contribution >= 0.6 is 0 Å². The van der Waals surface area contributed by atoms with Crippen molar-refractivity contribution in [2.45, 2.75) is 155 Å². The Bertz CT molecular complexity index is 424. The van der Waals surface area contributed by atoms with E-state index in [0.29, 0.717) is 0 Å². The predicted octanol–water partition coefficient (Wildman–Crippen LogP) is 9.36. The van der Waals surface area contributed by atoms with E-state index in [4.69, 9.17) is 0 Å². The van der Waals surface area contributed by atoms with Crippen molar-refractivity contribution in [3.8, 4) is 0 Å². The molecule has 0 aromatic carbocycles.